The van der Waals surface area contributed by atoms with Crippen LogP contribution in [0.4, 0.5) is 0 Å². The van der Waals surface area contributed by atoms with Gasteiger partial charge in [0, 0.05) is 6.42 Å². The predicted molar refractivity (Wildman–Crippen MR) is 84.5 cm³/mol. The minimum absolute atomic E-state index is 0.285. The van der Waals surface area contributed by atoms with Crippen LogP contribution in [0.2, 0.25) is 0 Å². The highest BCUT2D eigenvalue weighted by Gasteiger charge is 2.21. The number of amides is 4. The third-order valence-corrected chi connectivity index (χ3v) is 2.80. The quantitative estimate of drug-likeness (QED) is 0.175. The number of carboxylic acid groups (broad SMARTS) is 2. The number of carbonyl (C=O) groups excluding carboxylic acids is 4. The van der Waals surface area contributed by atoms with E-state index in [0.717, 1.165) is 0 Å². The van der Waals surface area contributed by atoms with Crippen LogP contribution in [0.1, 0.15) is 12.8 Å². The van der Waals surface area contributed by atoms with Gasteiger partial charge in [0.15, 0.2) is 0 Å². The van der Waals surface area contributed by atoms with Crippen molar-refractivity contribution in [3.63, 3.8) is 0 Å². The minimum Gasteiger partial charge on any atom is -0.481 e. The lowest BCUT2D eigenvalue weighted by molar-refractivity contribution is -0.143. The zero-order valence-corrected chi connectivity index (χ0v) is 13.7. The van der Waals surface area contributed by atoms with E-state index in [1.807, 2.05) is 0 Å². The SMILES string of the molecule is NCC(=O)NCC(=O)NCC(=O)NCC(=O)N[C@@H](CCC(=O)O)C(=O)O. The molecular weight excluding hydrogens is 354 g/mol. The first-order chi connectivity index (χ1) is 12.1. The predicted octanol–water partition coefficient (Wildman–Crippen LogP) is -4.27. The van der Waals surface area contributed by atoms with Crippen molar-refractivity contribution in [2.24, 2.45) is 5.73 Å². The molecular formula is C13H21N5O8. The smallest absolute Gasteiger partial charge is 0.326 e. The monoisotopic (exact) mass is 375 g/mol. The van der Waals surface area contributed by atoms with Crippen LogP contribution in [-0.2, 0) is 28.8 Å². The van der Waals surface area contributed by atoms with Crippen molar-refractivity contribution in [3.05, 3.63) is 0 Å². The van der Waals surface area contributed by atoms with Crippen LogP contribution >= 0.6 is 0 Å². The van der Waals surface area contributed by atoms with Gasteiger partial charge < -0.3 is 37.2 Å². The summed E-state index contributed by atoms with van der Waals surface area (Å²) in [5.41, 5.74) is 5.02. The molecule has 0 aromatic heterocycles. The number of nitrogens with two attached hydrogens (primary N) is 1. The Bertz CT molecular complexity index is 565. The van der Waals surface area contributed by atoms with Gasteiger partial charge in [-0.05, 0) is 6.42 Å². The fourth-order valence-electron chi connectivity index (χ4n) is 1.50. The van der Waals surface area contributed by atoms with Gasteiger partial charge in [-0.2, -0.15) is 0 Å². The summed E-state index contributed by atoms with van der Waals surface area (Å²) in [6, 6.07) is -1.40. The molecule has 0 spiro atoms. The fourth-order valence-corrected chi connectivity index (χ4v) is 1.50. The summed E-state index contributed by atoms with van der Waals surface area (Å²) in [7, 11) is 0. The summed E-state index contributed by atoms with van der Waals surface area (Å²) in [4.78, 5) is 66.5. The topological polar surface area (TPSA) is 217 Å². The molecule has 0 radical (unpaired) electrons. The molecule has 1 atom stereocenters. The maximum Gasteiger partial charge on any atom is 0.326 e. The number of hydrogen-bond donors (Lipinski definition) is 7. The number of hydrogen-bond acceptors (Lipinski definition) is 7. The van der Waals surface area contributed by atoms with E-state index in [4.69, 9.17) is 15.9 Å². The second-order valence-electron chi connectivity index (χ2n) is 4.93. The van der Waals surface area contributed by atoms with Crippen molar-refractivity contribution in [1.82, 2.24) is 21.3 Å². The van der Waals surface area contributed by atoms with Crippen molar-refractivity contribution in [1.29, 1.82) is 0 Å². The molecule has 0 aromatic rings. The Balaban J connectivity index is 4.11. The minimum atomic E-state index is -1.40. The van der Waals surface area contributed by atoms with Crippen LogP contribution in [0.15, 0.2) is 0 Å². The molecule has 13 heteroatoms. The van der Waals surface area contributed by atoms with Crippen LogP contribution in [0.3, 0.4) is 0 Å². The summed E-state index contributed by atoms with van der Waals surface area (Å²) in [5.74, 6) is -5.37. The Kier molecular flexibility index (Phi) is 10.7. The van der Waals surface area contributed by atoms with Gasteiger partial charge in [0.2, 0.25) is 23.6 Å². The summed E-state index contributed by atoms with van der Waals surface area (Å²) in [5, 5.41) is 26.0. The Hall–Kier alpha value is -3.22. The normalized spacial score (nSPS) is 11.0. The highest BCUT2D eigenvalue weighted by atomic mass is 16.4. The molecule has 8 N–H and O–H groups in total. The van der Waals surface area contributed by atoms with Crippen molar-refractivity contribution in [2.75, 3.05) is 26.2 Å². The molecule has 0 heterocycles. The second kappa shape index (κ2) is 12.2. The molecule has 0 saturated carbocycles. The van der Waals surface area contributed by atoms with Crippen molar-refractivity contribution >= 4 is 35.6 Å². The molecule has 0 aliphatic rings. The van der Waals surface area contributed by atoms with E-state index >= 15 is 0 Å². The molecule has 26 heavy (non-hydrogen) atoms. The van der Waals surface area contributed by atoms with Gasteiger partial charge >= 0.3 is 11.9 Å². The summed E-state index contributed by atoms with van der Waals surface area (Å²) >= 11 is 0. The first kappa shape index (κ1) is 22.8. The molecule has 0 aliphatic carbocycles. The lowest BCUT2D eigenvalue weighted by atomic mass is 10.1. The molecule has 0 unspecified atom stereocenters. The van der Waals surface area contributed by atoms with E-state index in [9.17, 15) is 28.8 Å². The maximum atomic E-state index is 11.6. The van der Waals surface area contributed by atoms with Gasteiger partial charge in [-0.1, -0.05) is 0 Å². The van der Waals surface area contributed by atoms with Crippen molar-refractivity contribution in [3.8, 4) is 0 Å². The van der Waals surface area contributed by atoms with Crippen LogP contribution < -0.4 is 27.0 Å². The van der Waals surface area contributed by atoms with Gasteiger partial charge in [-0.3, -0.25) is 24.0 Å². The van der Waals surface area contributed by atoms with Crippen LogP contribution in [0, 0.1) is 0 Å². The number of carbonyl (C=O) groups is 6. The van der Waals surface area contributed by atoms with Crippen molar-refractivity contribution < 1.29 is 39.0 Å². The number of nitrogens with one attached hydrogen (secondary N) is 4. The summed E-state index contributed by atoms with van der Waals surface area (Å²) < 4.78 is 0. The molecule has 0 bridgehead atoms. The van der Waals surface area contributed by atoms with Gasteiger partial charge in [0.05, 0.1) is 26.2 Å². The average Bonchev–Trinajstić information content (AvgIpc) is 2.58. The highest BCUT2D eigenvalue weighted by molar-refractivity contribution is 5.91. The third-order valence-electron chi connectivity index (χ3n) is 2.80. The van der Waals surface area contributed by atoms with Gasteiger partial charge in [0.1, 0.15) is 6.04 Å². The molecule has 0 rings (SSSR count). The maximum absolute atomic E-state index is 11.6. The number of aliphatic carboxylic acids is 2. The zero-order chi connectivity index (χ0) is 20.1. The van der Waals surface area contributed by atoms with Crippen LogP contribution in [-0.4, -0.2) is 78.0 Å². The number of carboxylic acids is 2. The molecule has 146 valence electrons. The van der Waals surface area contributed by atoms with Gasteiger partial charge in [-0.25, -0.2) is 4.79 Å². The zero-order valence-electron chi connectivity index (χ0n) is 13.7. The summed E-state index contributed by atoms with van der Waals surface area (Å²) in [6.07, 6.45) is -0.759. The lowest BCUT2D eigenvalue weighted by Crippen LogP contribution is -2.47. The summed E-state index contributed by atoms with van der Waals surface area (Å²) in [6.45, 7) is -1.68. The molecule has 4 amide bonds. The number of rotatable bonds is 12. The van der Waals surface area contributed by atoms with E-state index < -0.39 is 61.1 Å². The van der Waals surface area contributed by atoms with Crippen LogP contribution in [0.25, 0.3) is 0 Å². The standard InChI is InChI=1S/C13H21N5O8/c14-3-8(19)15-4-9(20)16-5-10(21)17-6-11(22)18-7(13(25)26)1-2-12(23)24/h7H,1-6,14H2,(H,15,19)(H,16,20)(H,17,21)(H,18,22)(H,23,24)(H,25,26)/t7-/m0/s1. The van der Waals surface area contributed by atoms with Gasteiger partial charge in [0.25, 0.3) is 0 Å². The van der Waals surface area contributed by atoms with E-state index in [1.165, 1.54) is 0 Å². The van der Waals surface area contributed by atoms with E-state index in [0.29, 0.717) is 0 Å². The largest absolute Gasteiger partial charge is 0.481 e. The molecule has 0 aliphatic heterocycles. The molecule has 0 saturated heterocycles. The third kappa shape index (κ3) is 11.3. The molecule has 0 aromatic carbocycles. The first-order valence-corrected chi connectivity index (χ1v) is 7.39. The Morgan fingerprint density at radius 3 is 1.65 bits per heavy atom. The van der Waals surface area contributed by atoms with Crippen molar-refractivity contribution in [2.45, 2.75) is 18.9 Å². The Labute approximate surface area is 147 Å². The highest BCUT2D eigenvalue weighted by Crippen LogP contribution is 1.97. The van der Waals surface area contributed by atoms with Gasteiger partial charge in [-0.15, -0.1) is 0 Å². The lowest BCUT2D eigenvalue weighted by Gasteiger charge is -2.14. The second-order valence-corrected chi connectivity index (χ2v) is 4.93. The first-order valence-electron chi connectivity index (χ1n) is 7.39. The Morgan fingerprint density at radius 1 is 0.769 bits per heavy atom. The Morgan fingerprint density at radius 2 is 1.23 bits per heavy atom. The molecule has 0 fully saturated rings. The van der Waals surface area contributed by atoms with E-state index in [1.54, 1.807) is 0 Å². The van der Waals surface area contributed by atoms with E-state index in [2.05, 4.69) is 21.3 Å². The van der Waals surface area contributed by atoms with Crippen LogP contribution in [0.5, 0.6) is 0 Å². The fraction of sp³-hybridized carbons (Fsp3) is 0.538. The van der Waals surface area contributed by atoms with E-state index in [-0.39, 0.29) is 19.5 Å². The average molecular weight is 375 g/mol. The molecule has 13 nitrogen and oxygen atoms in total.